The molecule has 4 nitrogen and oxygen atoms in total. The molecule has 3 heterocycles. The van der Waals surface area contributed by atoms with Crippen molar-refractivity contribution in [2.24, 2.45) is 0 Å². The largest absolute Gasteiger partial charge is 0.309 e. The number of hydrogen-bond donors (Lipinski definition) is 0. The van der Waals surface area contributed by atoms with Gasteiger partial charge in [-0.15, -0.1) is 11.3 Å². The van der Waals surface area contributed by atoms with Gasteiger partial charge in [0.15, 0.2) is 17.5 Å². The molecule has 0 fully saturated rings. The summed E-state index contributed by atoms with van der Waals surface area (Å²) >= 11 is 1.80. The fraction of sp³-hybridized carbons (Fsp3) is 0. The van der Waals surface area contributed by atoms with Gasteiger partial charge in [0.1, 0.15) is 0 Å². The maximum absolute atomic E-state index is 5.33. The van der Waals surface area contributed by atoms with Crippen molar-refractivity contribution in [3.8, 4) is 62.1 Å². The fourth-order valence-corrected chi connectivity index (χ4v) is 9.12. The summed E-state index contributed by atoms with van der Waals surface area (Å²) in [5.74, 6) is 1.91. The quantitative estimate of drug-likeness (QED) is 0.171. The second kappa shape index (κ2) is 13.3. The zero-order chi connectivity index (χ0) is 37.0. The standard InChI is InChI=1S/C51H32N4S/c1-4-14-33(15-5-1)35-18-12-19-37(30-35)49-52-50(38-26-28-41-40-22-10-11-24-44(40)55(45(41)32-38)39-20-8-3-9-21-39)54-51(53-49)42-23-13-25-47-48(42)43-31-36(27-29-46(43)56-47)34-16-6-2-7-17-34/h1-32H. The van der Waals surface area contributed by atoms with Gasteiger partial charge in [0.2, 0.25) is 0 Å². The Hall–Kier alpha value is -7.21. The minimum absolute atomic E-state index is 0.628. The predicted molar refractivity (Wildman–Crippen MR) is 234 cm³/mol. The van der Waals surface area contributed by atoms with Crippen molar-refractivity contribution in [3.05, 3.63) is 194 Å². The van der Waals surface area contributed by atoms with E-state index in [-0.39, 0.29) is 0 Å². The van der Waals surface area contributed by atoms with Crippen LogP contribution in [0.3, 0.4) is 0 Å². The van der Waals surface area contributed by atoms with E-state index in [0.29, 0.717) is 17.5 Å². The van der Waals surface area contributed by atoms with Crippen molar-refractivity contribution in [3.63, 3.8) is 0 Å². The van der Waals surface area contributed by atoms with E-state index in [1.54, 1.807) is 11.3 Å². The molecule has 0 saturated carbocycles. The summed E-state index contributed by atoms with van der Waals surface area (Å²) in [6.07, 6.45) is 0. The number of rotatable bonds is 6. The van der Waals surface area contributed by atoms with Crippen LogP contribution in [0.15, 0.2) is 194 Å². The van der Waals surface area contributed by atoms with Crippen molar-refractivity contribution >= 4 is 53.3 Å². The SMILES string of the molecule is c1ccc(-c2cccc(-c3nc(-c4ccc5c6ccccc6n(-c6ccccc6)c5c4)nc(-c4cccc5sc6ccc(-c7ccccc7)cc6c45)n3)c2)cc1. The normalized spacial score (nSPS) is 11.6. The van der Waals surface area contributed by atoms with Gasteiger partial charge in [-0.2, -0.15) is 0 Å². The lowest BCUT2D eigenvalue weighted by Crippen LogP contribution is -2.01. The highest BCUT2D eigenvalue weighted by Gasteiger charge is 2.19. The van der Waals surface area contributed by atoms with E-state index >= 15 is 0 Å². The lowest BCUT2D eigenvalue weighted by molar-refractivity contribution is 1.08. The van der Waals surface area contributed by atoms with Crippen molar-refractivity contribution in [2.45, 2.75) is 0 Å². The molecule has 56 heavy (non-hydrogen) atoms. The zero-order valence-electron chi connectivity index (χ0n) is 30.2. The third-order valence-corrected chi connectivity index (χ3v) is 11.8. The van der Waals surface area contributed by atoms with Gasteiger partial charge in [-0.05, 0) is 70.8 Å². The molecule has 11 rings (SSSR count). The van der Waals surface area contributed by atoms with E-state index in [9.17, 15) is 0 Å². The van der Waals surface area contributed by atoms with Gasteiger partial charge < -0.3 is 4.57 Å². The highest BCUT2D eigenvalue weighted by molar-refractivity contribution is 7.26. The summed E-state index contributed by atoms with van der Waals surface area (Å²) in [7, 11) is 0. The second-order valence-corrected chi connectivity index (χ2v) is 15.1. The summed E-state index contributed by atoms with van der Waals surface area (Å²) in [6, 6.07) is 68.5. The first-order chi connectivity index (χ1) is 27.7. The molecule has 0 aliphatic heterocycles. The van der Waals surface area contributed by atoms with Crippen LogP contribution in [0.4, 0.5) is 0 Å². The maximum Gasteiger partial charge on any atom is 0.164 e. The Morgan fingerprint density at radius 1 is 0.339 bits per heavy atom. The topological polar surface area (TPSA) is 43.6 Å². The minimum Gasteiger partial charge on any atom is -0.309 e. The van der Waals surface area contributed by atoms with Gasteiger partial charge in [0.25, 0.3) is 0 Å². The molecule has 8 aromatic carbocycles. The van der Waals surface area contributed by atoms with E-state index < -0.39 is 0 Å². The number of thiophene rings is 1. The minimum atomic E-state index is 0.628. The first-order valence-corrected chi connectivity index (χ1v) is 19.6. The van der Waals surface area contributed by atoms with Crippen LogP contribution in [0.1, 0.15) is 0 Å². The van der Waals surface area contributed by atoms with Crippen LogP contribution in [0.2, 0.25) is 0 Å². The Morgan fingerprint density at radius 2 is 0.911 bits per heavy atom. The Morgan fingerprint density at radius 3 is 1.68 bits per heavy atom. The molecule has 0 unspecified atom stereocenters. The molecule has 0 radical (unpaired) electrons. The summed E-state index contributed by atoms with van der Waals surface area (Å²) in [5.41, 5.74) is 10.8. The zero-order valence-corrected chi connectivity index (χ0v) is 31.0. The molecule has 0 atom stereocenters. The molecule has 0 aliphatic carbocycles. The highest BCUT2D eigenvalue weighted by atomic mass is 32.1. The van der Waals surface area contributed by atoms with Gasteiger partial charge in [-0.25, -0.2) is 15.0 Å². The molecule has 0 N–H and O–H groups in total. The molecule has 3 aromatic heterocycles. The van der Waals surface area contributed by atoms with Gasteiger partial charge in [-0.3, -0.25) is 0 Å². The number of hydrogen-bond acceptors (Lipinski definition) is 4. The molecule has 0 bridgehead atoms. The molecule has 0 saturated heterocycles. The number of nitrogens with zero attached hydrogens (tertiary/aromatic N) is 4. The van der Waals surface area contributed by atoms with E-state index in [4.69, 9.17) is 15.0 Å². The van der Waals surface area contributed by atoms with E-state index in [1.165, 1.54) is 36.7 Å². The first-order valence-electron chi connectivity index (χ1n) is 18.8. The summed E-state index contributed by atoms with van der Waals surface area (Å²) in [4.78, 5) is 15.9. The molecular weight excluding hydrogens is 701 g/mol. The highest BCUT2D eigenvalue weighted by Crippen LogP contribution is 2.42. The van der Waals surface area contributed by atoms with Crippen LogP contribution in [-0.4, -0.2) is 19.5 Å². The van der Waals surface area contributed by atoms with Crippen LogP contribution in [0.25, 0.3) is 104 Å². The Kier molecular flexibility index (Phi) is 7.64. The van der Waals surface area contributed by atoms with E-state index in [1.807, 2.05) is 6.07 Å². The smallest absolute Gasteiger partial charge is 0.164 e. The van der Waals surface area contributed by atoms with Crippen molar-refractivity contribution in [1.82, 2.24) is 19.5 Å². The third kappa shape index (κ3) is 5.48. The van der Waals surface area contributed by atoms with Crippen LogP contribution in [0, 0.1) is 0 Å². The van der Waals surface area contributed by atoms with Crippen LogP contribution in [-0.2, 0) is 0 Å². The van der Waals surface area contributed by atoms with Crippen LogP contribution >= 0.6 is 11.3 Å². The van der Waals surface area contributed by atoms with Crippen molar-refractivity contribution in [1.29, 1.82) is 0 Å². The molecule has 262 valence electrons. The van der Waals surface area contributed by atoms with E-state index in [2.05, 4.69) is 193 Å². The van der Waals surface area contributed by atoms with E-state index in [0.717, 1.165) is 49.9 Å². The van der Waals surface area contributed by atoms with Crippen LogP contribution in [0.5, 0.6) is 0 Å². The Labute approximate surface area is 327 Å². The van der Waals surface area contributed by atoms with Crippen molar-refractivity contribution < 1.29 is 0 Å². The number of benzene rings is 8. The maximum atomic E-state index is 5.33. The summed E-state index contributed by atoms with van der Waals surface area (Å²) in [5, 5.41) is 4.75. The van der Waals surface area contributed by atoms with Crippen LogP contribution < -0.4 is 0 Å². The predicted octanol–water partition coefficient (Wildman–Crippen LogP) is 13.7. The van der Waals surface area contributed by atoms with Gasteiger partial charge in [0.05, 0.1) is 11.0 Å². The molecule has 0 spiro atoms. The molecule has 0 amide bonds. The summed E-state index contributed by atoms with van der Waals surface area (Å²) in [6.45, 7) is 0. The average molecular weight is 733 g/mol. The van der Waals surface area contributed by atoms with Gasteiger partial charge in [-0.1, -0.05) is 146 Å². The lowest BCUT2D eigenvalue weighted by atomic mass is 10.0. The lowest BCUT2D eigenvalue weighted by Gasteiger charge is -2.12. The average Bonchev–Trinajstić information content (AvgIpc) is 3.82. The molecule has 5 heteroatoms. The molecule has 11 aromatic rings. The number of para-hydroxylation sites is 2. The summed E-state index contributed by atoms with van der Waals surface area (Å²) < 4.78 is 4.77. The first kappa shape index (κ1) is 32.2. The third-order valence-electron chi connectivity index (χ3n) is 10.7. The number of aromatic nitrogens is 4. The van der Waals surface area contributed by atoms with Crippen molar-refractivity contribution in [2.75, 3.05) is 0 Å². The monoisotopic (exact) mass is 732 g/mol. The van der Waals surface area contributed by atoms with Gasteiger partial charge >= 0.3 is 0 Å². The Balaban J connectivity index is 1.16. The number of fused-ring (bicyclic) bond motifs is 6. The second-order valence-electron chi connectivity index (χ2n) is 14.0. The Bertz CT molecular complexity index is 3240. The fourth-order valence-electron chi connectivity index (χ4n) is 8.01. The van der Waals surface area contributed by atoms with Gasteiger partial charge in [0, 0.05) is 53.3 Å². The molecular formula is C51H32N4S. The molecule has 0 aliphatic rings.